The summed E-state index contributed by atoms with van der Waals surface area (Å²) in [7, 11) is 0. The lowest BCUT2D eigenvalue weighted by Gasteiger charge is -2.22. The van der Waals surface area contributed by atoms with E-state index < -0.39 is 0 Å². The third-order valence-corrected chi connectivity index (χ3v) is 6.72. The van der Waals surface area contributed by atoms with Gasteiger partial charge in [-0.15, -0.1) is 0 Å². The zero-order valence-corrected chi connectivity index (χ0v) is 19.0. The van der Waals surface area contributed by atoms with Crippen molar-refractivity contribution in [2.45, 2.75) is 31.7 Å². The largest absolute Gasteiger partial charge is 0.476 e. The van der Waals surface area contributed by atoms with Crippen LogP contribution >= 0.6 is 0 Å². The first kappa shape index (κ1) is 22.0. The third kappa shape index (κ3) is 5.24. The zero-order valence-electron chi connectivity index (χ0n) is 19.0. The van der Waals surface area contributed by atoms with Gasteiger partial charge in [-0.25, -0.2) is 9.97 Å². The number of aromatic nitrogens is 2. The van der Waals surface area contributed by atoms with Gasteiger partial charge >= 0.3 is 0 Å². The van der Waals surface area contributed by atoms with Crippen molar-refractivity contribution in [3.63, 3.8) is 0 Å². The Kier molecular flexibility index (Phi) is 6.95. The molecule has 6 nitrogen and oxygen atoms in total. The molecule has 3 N–H and O–H groups in total. The van der Waals surface area contributed by atoms with Gasteiger partial charge in [-0.1, -0.05) is 48.5 Å². The lowest BCUT2D eigenvalue weighted by atomic mass is 9.96. The average Bonchev–Trinajstić information content (AvgIpc) is 3.43. The second kappa shape index (κ2) is 10.4. The minimum absolute atomic E-state index is 0.480. The number of benzene rings is 2. The van der Waals surface area contributed by atoms with E-state index >= 15 is 0 Å². The first-order valence-corrected chi connectivity index (χ1v) is 12.0. The maximum absolute atomic E-state index is 6.11. The molecule has 1 atom stereocenters. The summed E-state index contributed by atoms with van der Waals surface area (Å²) in [4.78, 5) is 9.72. The van der Waals surface area contributed by atoms with Crippen molar-refractivity contribution in [1.29, 1.82) is 0 Å². The van der Waals surface area contributed by atoms with E-state index in [1.54, 1.807) is 6.20 Å². The molecular weight excluding hydrogens is 412 g/mol. The van der Waals surface area contributed by atoms with Gasteiger partial charge in [0.2, 0.25) is 5.88 Å². The highest BCUT2D eigenvalue weighted by Crippen LogP contribution is 2.33. The number of nitrogens with two attached hydrogens (primary N) is 1. The van der Waals surface area contributed by atoms with Crippen LogP contribution in [0.5, 0.6) is 5.88 Å². The van der Waals surface area contributed by atoms with E-state index in [1.807, 2.05) is 12.1 Å². The maximum Gasteiger partial charge on any atom is 0.232 e. The molecule has 0 spiro atoms. The Morgan fingerprint density at radius 3 is 2.36 bits per heavy atom. The fourth-order valence-corrected chi connectivity index (χ4v) is 4.62. The van der Waals surface area contributed by atoms with Crippen LogP contribution in [0.2, 0.25) is 0 Å². The van der Waals surface area contributed by atoms with E-state index in [2.05, 4.69) is 41.7 Å². The smallest absolute Gasteiger partial charge is 0.232 e. The second-order valence-corrected chi connectivity index (χ2v) is 8.99. The Hall–Kier alpha value is -2.80. The molecule has 0 saturated carbocycles. The topological polar surface area (TPSA) is 82.3 Å². The molecule has 33 heavy (non-hydrogen) atoms. The molecular formula is C27H32N4O2. The average molecular weight is 445 g/mol. The van der Waals surface area contributed by atoms with Crippen LogP contribution in [0.1, 0.15) is 36.3 Å². The molecule has 2 aliphatic rings. The normalized spacial score (nSPS) is 19.0. The summed E-state index contributed by atoms with van der Waals surface area (Å²) in [5.74, 6) is 1.63. The molecule has 5 rings (SSSR count). The van der Waals surface area contributed by atoms with Gasteiger partial charge in [-0.3, -0.25) is 0 Å². The lowest BCUT2D eigenvalue weighted by molar-refractivity contribution is 0.194. The van der Waals surface area contributed by atoms with E-state index in [-0.39, 0.29) is 0 Å². The third-order valence-electron chi connectivity index (χ3n) is 6.72. The van der Waals surface area contributed by atoms with Gasteiger partial charge in [0.1, 0.15) is 5.69 Å². The predicted octanol–water partition coefficient (Wildman–Crippen LogP) is 4.15. The number of nitrogens with zero attached hydrogens (tertiary/aromatic N) is 2. The SMILES string of the molecule is NCc1ccc(-c2ncc(OCC3CCNCC3)nc2-c2ccc(C3CCOC3)cc2)cc1. The molecule has 0 amide bonds. The highest BCUT2D eigenvalue weighted by Gasteiger charge is 2.19. The number of rotatable bonds is 7. The van der Waals surface area contributed by atoms with Crippen molar-refractivity contribution in [3.8, 4) is 28.4 Å². The van der Waals surface area contributed by atoms with Crippen LogP contribution in [0.4, 0.5) is 0 Å². The standard InChI is InChI=1S/C27H32N4O2/c28-15-19-1-3-22(4-2-19)26-27(23-7-5-21(6-8-23)24-11-14-32-18-24)31-25(16-30-26)33-17-20-9-12-29-13-10-20/h1-8,16,20,24,29H,9-15,17-18,28H2. The van der Waals surface area contributed by atoms with Crippen molar-refractivity contribution in [2.75, 3.05) is 32.9 Å². The van der Waals surface area contributed by atoms with Crippen LogP contribution in [-0.2, 0) is 11.3 Å². The molecule has 1 unspecified atom stereocenters. The molecule has 2 fully saturated rings. The summed E-state index contributed by atoms with van der Waals surface area (Å²) in [5.41, 5.74) is 11.9. The Morgan fingerprint density at radius 1 is 0.939 bits per heavy atom. The van der Waals surface area contributed by atoms with Crippen LogP contribution < -0.4 is 15.8 Å². The molecule has 172 valence electrons. The van der Waals surface area contributed by atoms with E-state index in [1.165, 1.54) is 5.56 Å². The molecule has 6 heteroatoms. The molecule has 0 radical (unpaired) electrons. The number of piperidine rings is 1. The van der Waals surface area contributed by atoms with Crippen molar-refractivity contribution >= 4 is 0 Å². The number of hydrogen-bond donors (Lipinski definition) is 2. The number of ether oxygens (including phenoxy) is 2. The summed E-state index contributed by atoms with van der Waals surface area (Å²) >= 11 is 0. The summed E-state index contributed by atoms with van der Waals surface area (Å²) in [6, 6.07) is 16.9. The van der Waals surface area contributed by atoms with Gasteiger partial charge in [0.05, 0.1) is 25.1 Å². The van der Waals surface area contributed by atoms with Crippen LogP contribution in [0.15, 0.2) is 54.7 Å². The van der Waals surface area contributed by atoms with Crippen LogP contribution in [-0.4, -0.2) is 42.9 Å². The molecule has 2 aliphatic heterocycles. The number of hydrogen-bond acceptors (Lipinski definition) is 6. The van der Waals surface area contributed by atoms with Crippen LogP contribution in [0.25, 0.3) is 22.5 Å². The number of nitrogens with one attached hydrogen (secondary N) is 1. The van der Waals surface area contributed by atoms with Gasteiger partial charge < -0.3 is 20.5 Å². The molecule has 3 aromatic rings. The molecule has 0 aliphatic carbocycles. The Labute approximate surface area is 195 Å². The van der Waals surface area contributed by atoms with Gasteiger partial charge in [0, 0.05) is 30.2 Å². The van der Waals surface area contributed by atoms with Crippen molar-refractivity contribution in [1.82, 2.24) is 15.3 Å². The van der Waals surface area contributed by atoms with Gasteiger partial charge in [0.15, 0.2) is 0 Å². The first-order valence-electron chi connectivity index (χ1n) is 12.0. The minimum atomic E-state index is 0.480. The van der Waals surface area contributed by atoms with E-state index in [4.69, 9.17) is 25.2 Å². The fraction of sp³-hybridized carbons (Fsp3) is 0.407. The molecule has 2 saturated heterocycles. The fourth-order valence-electron chi connectivity index (χ4n) is 4.62. The summed E-state index contributed by atoms with van der Waals surface area (Å²) in [6.45, 7) is 4.97. The lowest BCUT2D eigenvalue weighted by Crippen LogP contribution is -2.30. The van der Waals surface area contributed by atoms with Gasteiger partial charge in [-0.05, 0) is 49.4 Å². The summed E-state index contributed by atoms with van der Waals surface area (Å²) < 4.78 is 11.7. The van der Waals surface area contributed by atoms with Crippen LogP contribution in [0, 0.1) is 5.92 Å². The minimum Gasteiger partial charge on any atom is -0.476 e. The van der Waals surface area contributed by atoms with E-state index in [9.17, 15) is 0 Å². The van der Waals surface area contributed by atoms with Crippen molar-refractivity contribution < 1.29 is 9.47 Å². The maximum atomic E-state index is 6.11. The highest BCUT2D eigenvalue weighted by atomic mass is 16.5. The Balaban J connectivity index is 1.44. The Morgan fingerprint density at radius 2 is 1.67 bits per heavy atom. The zero-order chi connectivity index (χ0) is 22.5. The molecule has 2 aromatic carbocycles. The Bertz CT molecular complexity index is 1040. The first-order chi connectivity index (χ1) is 16.3. The van der Waals surface area contributed by atoms with Crippen molar-refractivity contribution in [2.24, 2.45) is 11.7 Å². The van der Waals surface area contributed by atoms with E-state index in [0.717, 1.165) is 73.6 Å². The van der Waals surface area contributed by atoms with Crippen molar-refractivity contribution in [3.05, 3.63) is 65.9 Å². The van der Waals surface area contributed by atoms with Gasteiger partial charge in [-0.2, -0.15) is 0 Å². The highest BCUT2D eigenvalue weighted by molar-refractivity contribution is 5.78. The monoisotopic (exact) mass is 444 g/mol. The van der Waals surface area contributed by atoms with Gasteiger partial charge in [0.25, 0.3) is 0 Å². The molecule has 0 bridgehead atoms. The summed E-state index contributed by atoms with van der Waals surface area (Å²) in [6.07, 6.45) is 5.11. The van der Waals surface area contributed by atoms with Crippen LogP contribution in [0.3, 0.4) is 0 Å². The molecule has 3 heterocycles. The second-order valence-electron chi connectivity index (χ2n) is 8.99. The quantitative estimate of drug-likeness (QED) is 0.570. The summed E-state index contributed by atoms with van der Waals surface area (Å²) in [5, 5.41) is 3.40. The molecule has 1 aromatic heterocycles. The van der Waals surface area contributed by atoms with E-state index in [0.29, 0.717) is 30.9 Å². The predicted molar refractivity (Wildman–Crippen MR) is 130 cm³/mol.